The number of nitrogens with zero attached hydrogens (tertiary/aromatic N) is 4. The van der Waals surface area contributed by atoms with Crippen molar-refractivity contribution in [2.24, 2.45) is 5.41 Å². The Morgan fingerprint density at radius 2 is 2.04 bits per heavy atom. The van der Waals surface area contributed by atoms with Crippen molar-refractivity contribution >= 4 is 23.7 Å². The van der Waals surface area contributed by atoms with Crippen LogP contribution in [0.3, 0.4) is 0 Å². The minimum Gasteiger partial charge on any atom is -0.461 e. The highest BCUT2D eigenvalue weighted by Gasteiger charge is 2.50. The van der Waals surface area contributed by atoms with Crippen molar-refractivity contribution in [2.45, 2.75) is 49.3 Å². The minimum absolute atomic E-state index is 0.0182. The molecule has 1 aromatic heterocycles. The van der Waals surface area contributed by atoms with Gasteiger partial charge in [-0.2, -0.15) is 0 Å². The van der Waals surface area contributed by atoms with Gasteiger partial charge in [0.15, 0.2) is 0 Å². The van der Waals surface area contributed by atoms with Crippen LogP contribution in [0.25, 0.3) is 0 Å². The van der Waals surface area contributed by atoms with Gasteiger partial charge in [0.1, 0.15) is 11.1 Å². The minimum atomic E-state index is -0.340. The number of aliphatic hydroxyl groups excluding tert-OH is 1. The standard InChI is InChI=1S/C19H28N4O3S/c1-27-16-2-7-20-18(21-16)23-10-5-19(6-11-23)12-15(26-17(19)25)13-22-8-3-14(24)4-9-22/h2,7,14-15,24H,3-6,8-13H2,1H3. The van der Waals surface area contributed by atoms with Crippen LogP contribution >= 0.6 is 11.8 Å². The van der Waals surface area contributed by atoms with Crippen molar-refractivity contribution < 1.29 is 14.6 Å². The molecule has 0 amide bonds. The maximum absolute atomic E-state index is 12.7. The molecule has 3 fully saturated rings. The number of anilines is 1. The van der Waals surface area contributed by atoms with Crippen LogP contribution in [0.1, 0.15) is 32.1 Å². The molecule has 1 N–H and O–H groups in total. The van der Waals surface area contributed by atoms with E-state index in [1.54, 1.807) is 18.0 Å². The number of esters is 1. The Hall–Kier alpha value is -1.38. The Bertz CT molecular complexity index is 673. The predicted octanol–water partition coefficient (Wildman–Crippen LogP) is 1.56. The van der Waals surface area contributed by atoms with Gasteiger partial charge >= 0.3 is 5.97 Å². The molecule has 3 aliphatic heterocycles. The number of likely N-dealkylation sites (tertiary alicyclic amines) is 1. The molecule has 4 heterocycles. The van der Waals surface area contributed by atoms with Crippen molar-refractivity contribution in [3.8, 4) is 0 Å². The van der Waals surface area contributed by atoms with Crippen molar-refractivity contribution in [3.05, 3.63) is 12.3 Å². The molecule has 0 aromatic carbocycles. The fraction of sp³-hybridized carbons (Fsp3) is 0.737. The first kappa shape index (κ1) is 19.0. The molecular formula is C19H28N4O3S. The second kappa shape index (κ2) is 7.93. The summed E-state index contributed by atoms with van der Waals surface area (Å²) in [5.74, 6) is 0.731. The average Bonchev–Trinajstić information content (AvgIpc) is 2.99. The number of piperidine rings is 2. The van der Waals surface area contributed by atoms with E-state index in [-0.39, 0.29) is 23.6 Å². The van der Waals surface area contributed by atoms with E-state index in [2.05, 4.69) is 19.8 Å². The molecule has 148 valence electrons. The zero-order valence-electron chi connectivity index (χ0n) is 15.8. The molecule has 0 saturated carbocycles. The van der Waals surface area contributed by atoms with Gasteiger partial charge in [-0.3, -0.25) is 9.69 Å². The molecule has 27 heavy (non-hydrogen) atoms. The SMILES string of the molecule is CSc1ccnc(N2CCC3(CC2)CC(CN2CCC(O)CC2)OC3=O)n1. The van der Waals surface area contributed by atoms with Crippen molar-refractivity contribution in [3.63, 3.8) is 0 Å². The molecule has 4 rings (SSSR count). The van der Waals surface area contributed by atoms with Gasteiger partial charge in [0.05, 0.1) is 11.5 Å². The maximum atomic E-state index is 12.7. The van der Waals surface area contributed by atoms with E-state index in [1.807, 2.05) is 12.3 Å². The van der Waals surface area contributed by atoms with Crippen LogP contribution in [0, 0.1) is 5.41 Å². The summed E-state index contributed by atoms with van der Waals surface area (Å²) in [4.78, 5) is 26.1. The number of hydrogen-bond donors (Lipinski definition) is 1. The summed E-state index contributed by atoms with van der Waals surface area (Å²) in [6.45, 7) is 4.14. The van der Waals surface area contributed by atoms with E-state index < -0.39 is 0 Å². The molecule has 0 bridgehead atoms. The summed E-state index contributed by atoms with van der Waals surface area (Å²) >= 11 is 1.61. The third-order valence-electron chi connectivity index (χ3n) is 6.17. The smallest absolute Gasteiger partial charge is 0.312 e. The average molecular weight is 393 g/mol. The summed E-state index contributed by atoms with van der Waals surface area (Å²) < 4.78 is 5.77. The number of rotatable bonds is 4. The number of cyclic esters (lactones) is 1. The van der Waals surface area contributed by atoms with E-state index in [0.29, 0.717) is 0 Å². The topological polar surface area (TPSA) is 78.8 Å². The second-order valence-corrected chi connectivity index (χ2v) is 8.76. The van der Waals surface area contributed by atoms with Gasteiger partial charge in [-0.15, -0.1) is 11.8 Å². The summed E-state index contributed by atoms with van der Waals surface area (Å²) in [6, 6.07) is 1.91. The number of thioether (sulfide) groups is 1. The second-order valence-electron chi connectivity index (χ2n) is 7.93. The lowest BCUT2D eigenvalue weighted by Crippen LogP contribution is -2.43. The predicted molar refractivity (Wildman–Crippen MR) is 104 cm³/mol. The summed E-state index contributed by atoms with van der Waals surface area (Å²) in [7, 11) is 0. The summed E-state index contributed by atoms with van der Waals surface area (Å²) in [5, 5.41) is 10.6. The fourth-order valence-electron chi connectivity index (χ4n) is 4.47. The molecule has 8 heteroatoms. The highest BCUT2D eigenvalue weighted by atomic mass is 32.2. The zero-order chi connectivity index (χ0) is 18.9. The number of ether oxygens (including phenoxy) is 1. The molecule has 1 aromatic rings. The molecular weight excluding hydrogens is 364 g/mol. The number of aliphatic hydroxyl groups is 1. The first-order valence-electron chi connectivity index (χ1n) is 9.81. The van der Waals surface area contributed by atoms with Crippen molar-refractivity contribution in [1.82, 2.24) is 14.9 Å². The molecule has 3 aliphatic rings. The molecule has 1 spiro atoms. The molecule has 0 radical (unpaired) electrons. The largest absolute Gasteiger partial charge is 0.461 e. The number of hydrogen-bond acceptors (Lipinski definition) is 8. The van der Waals surface area contributed by atoms with E-state index >= 15 is 0 Å². The Balaban J connectivity index is 1.34. The van der Waals surface area contributed by atoms with Crippen LogP contribution in [0.4, 0.5) is 5.95 Å². The van der Waals surface area contributed by atoms with Crippen LogP contribution < -0.4 is 4.90 Å². The number of aromatic nitrogens is 2. The lowest BCUT2D eigenvalue weighted by molar-refractivity contribution is -0.150. The van der Waals surface area contributed by atoms with Crippen LogP contribution in [0.2, 0.25) is 0 Å². The molecule has 7 nitrogen and oxygen atoms in total. The van der Waals surface area contributed by atoms with Gasteiger partial charge in [-0.1, -0.05) is 0 Å². The molecule has 1 atom stereocenters. The van der Waals surface area contributed by atoms with Crippen LogP contribution in [-0.4, -0.2) is 77.1 Å². The number of carbonyl (C=O) groups excluding carboxylic acids is 1. The van der Waals surface area contributed by atoms with E-state index in [4.69, 9.17) is 4.74 Å². The van der Waals surface area contributed by atoms with Crippen LogP contribution in [0.5, 0.6) is 0 Å². The number of carbonyl (C=O) groups is 1. The Labute approximate surface area is 164 Å². The monoisotopic (exact) mass is 392 g/mol. The van der Waals surface area contributed by atoms with E-state index in [0.717, 1.165) is 75.8 Å². The highest BCUT2D eigenvalue weighted by molar-refractivity contribution is 7.98. The Morgan fingerprint density at radius 3 is 2.74 bits per heavy atom. The lowest BCUT2D eigenvalue weighted by atomic mass is 9.76. The molecule has 1 unspecified atom stereocenters. The summed E-state index contributed by atoms with van der Waals surface area (Å²) in [6.07, 6.45) is 7.66. The molecule has 3 saturated heterocycles. The van der Waals surface area contributed by atoms with Crippen molar-refractivity contribution in [2.75, 3.05) is 43.9 Å². The van der Waals surface area contributed by atoms with Gasteiger partial charge in [0, 0.05) is 45.3 Å². The van der Waals surface area contributed by atoms with Gasteiger partial charge < -0.3 is 14.7 Å². The highest BCUT2D eigenvalue weighted by Crippen LogP contribution is 2.43. The normalized spacial score (nSPS) is 26.5. The van der Waals surface area contributed by atoms with Gasteiger partial charge in [0.2, 0.25) is 5.95 Å². The van der Waals surface area contributed by atoms with Gasteiger partial charge in [-0.25, -0.2) is 9.97 Å². The maximum Gasteiger partial charge on any atom is 0.312 e. The first-order chi connectivity index (χ1) is 13.1. The van der Waals surface area contributed by atoms with E-state index in [9.17, 15) is 9.90 Å². The Kier molecular flexibility index (Phi) is 5.57. The third-order valence-corrected chi connectivity index (χ3v) is 6.82. The quantitative estimate of drug-likeness (QED) is 0.470. The van der Waals surface area contributed by atoms with Crippen LogP contribution in [0.15, 0.2) is 17.3 Å². The summed E-state index contributed by atoms with van der Waals surface area (Å²) in [5.41, 5.74) is -0.340. The first-order valence-corrected chi connectivity index (χ1v) is 11.0. The molecule has 0 aliphatic carbocycles. The lowest BCUT2D eigenvalue weighted by Gasteiger charge is -2.36. The van der Waals surface area contributed by atoms with Gasteiger partial charge in [-0.05, 0) is 38.0 Å². The fourth-order valence-corrected chi connectivity index (χ4v) is 4.84. The Morgan fingerprint density at radius 1 is 1.30 bits per heavy atom. The van der Waals surface area contributed by atoms with E-state index in [1.165, 1.54) is 0 Å². The van der Waals surface area contributed by atoms with Gasteiger partial charge in [0.25, 0.3) is 0 Å². The van der Waals surface area contributed by atoms with Crippen molar-refractivity contribution in [1.29, 1.82) is 0 Å². The third kappa shape index (κ3) is 4.07. The van der Waals surface area contributed by atoms with Crippen LogP contribution in [-0.2, 0) is 9.53 Å². The zero-order valence-corrected chi connectivity index (χ0v) is 16.7.